The van der Waals surface area contributed by atoms with E-state index in [0.717, 1.165) is 42.0 Å². The monoisotopic (exact) mass is 480 g/mol. The Balaban J connectivity index is 1.46. The molecule has 1 unspecified atom stereocenters. The zero-order chi connectivity index (χ0) is 24.1. The largest absolute Gasteiger partial charge is 0.378 e. The molecule has 2 heterocycles. The smallest absolute Gasteiger partial charge is 0.233 e. The van der Waals surface area contributed by atoms with Crippen LogP contribution in [0.15, 0.2) is 47.6 Å². The fourth-order valence-electron chi connectivity index (χ4n) is 4.09. The van der Waals surface area contributed by atoms with Crippen molar-refractivity contribution in [3.63, 3.8) is 0 Å². The maximum absolute atomic E-state index is 13.3. The Morgan fingerprint density at radius 1 is 1.18 bits per heavy atom. The van der Waals surface area contributed by atoms with Crippen LogP contribution in [-0.4, -0.2) is 70.1 Å². The van der Waals surface area contributed by atoms with Crippen LogP contribution >= 0.6 is 11.8 Å². The van der Waals surface area contributed by atoms with Gasteiger partial charge in [0.2, 0.25) is 11.1 Å². The molecule has 2 aromatic carbocycles. The molecule has 0 radical (unpaired) electrons. The number of hydrogen-bond donors (Lipinski definition) is 0. The molecule has 34 heavy (non-hydrogen) atoms. The fourth-order valence-corrected chi connectivity index (χ4v) is 4.88. The van der Waals surface area contributed by atoms with Gasteiger partial charge >= 0.3 is 0 Å². The molecule has 1 fully saturated rings. The van der Waals surface area contributed by atoms with Crippen molar-refractivity contribution in [2.45, 2.75) is 44.5 Å². The van der Waals surface area contributed by atoms with Crippen molar-refractivity contribution in [1.29, 1.82) is 0 Å². The average Bonchev–Trinajstić information content (AvgIpc) is 3.49. The van der Waals surface area contributed by atoms with E-state index in [1.807, 2.05) is 38.1 Å². The van der Waals surface area contributed by atoms with Gasteiger partial charge in [0.1, 0.15) is 0 Å². The Labute approximate surface area is 205 Å². The number of carbonyl (C=O) groups excluding carboxylic acids is 1. The first-order valence-electron chi connectivity index (χ1n) is 11.5. The zero-order valence-electron chi connectivity index (χ0n) is 20.3. The van der Waals surface area contributed by atoms with E-state index in [0.29, 0.717) is 18.2 Å². The lowest BCUT2D eigenvalue weighted by Crippen LogP contribution is -2.38. The fraction of sp³-hybridized carbons (Fsp3) is 0.440. The Bertz CT molecular complexity index is 1110. The second-order valence-corrected chi connectivity index (χ2v) is 9.86. The van der Waals surface area contributed by atoms with Gasteiger partial charge in [0, 0.05) is 39.5 Å². The summed E-state index contributed by atoms with van der Waals surface area (Å²) in [5, 5.41) is 12.8. The summed E-state index contributed by atoms with van der Waals surface area (Å²) < 4.78 is 7.53. The molecule has 0 spiro atoms. The minimum Gasteiger partial charge on any atom is -0.378 e. The van der Waals surface area contributed by atoms with Crippen molar-refractivity contribution in [3.8, 4) is 5.69 Å². The van der Waals surface area contributed by atoms with Gasteiger partial charge in [-0.3, -0.25) is 4.79 Å². The summed E-state index contributed by atoms with van der Waals surface area (Å²) >= 11 is 1.36. The van der Waals surface area contributed by atoms with E-state index < -0.39 is 0 Å². The molecule has 0 bridgehead atoms. The molecule has 0 N–H and O–H groups in total. The van der Waals surface area contributed by atoms with E-state index in [9.17, 15) is 4.79 Å². The molecule has 1 aliphatic heterocycles. The van der Waals surface area contributed by atoms with E-state index in [2.05, 4.69) is 57.7 Å². The number of carbonyl (C=O) groups is 1. The molecule has 1 aromatic heterocycles. The summed E-state index contributed by atoms with van der Waals surface area (Å²) in [4.78, 5) is 17.3. The van der Waals surface area contributed by atoms with E-state index in [1.165, 1.54) is 17.3 Å². The third-order valence-electron chi connectivity index (χ3n) is 5.97. The first-order valence-corrected chi connectivity index (χ1v) is 12.5. The third kappa shape index (κ3) is 5.95. The van der Waals surface area contributed by atoms with Gasteiger partial charge in [0.05, 0.1) is 17.5 Å². The number of aryl methyl sites for hydroxylation is 2. The summed E-state index contributed by atoms with van der Waals surface area (Å²) in [6.45, 7) is 6.01. The molecule has 3 aromatic rings. The lowest BCUT2D eigenvalue weighted by molar-refractivity contribution is -0.130. The molecular weight excluding hydrogens is 448 g/mol. The highest BCUT2D eigenvalue weighted by Crippen LogP contribution is 2.23. The minimum atomic E-state index is 0.0485. The van der Waals surface area contributed by atoms with Crippen LogP contribution in [0.4, 0.5) is 5.69 Å². The predicted molar refractivity (Wildman–Crippen MR) is 135 cm³/mol. The number of anilines is 1. The summed E-state index contributed by atoms with van der Waals surface area (Å²) in [5.41, 5.74) is 5.42. The number of aromatic nitrogens is 4. The van der Waals surface area contributed by atoms with Crippen molar-refractivity contribution in [3.05, 3.63) is 59.2 Å². The molecule has 180 valence electrons. The molecule has 9 heteroatoms. The van der Waals surface area contributed by atoms with Gasteiger partial charge in [0.25, 0.3) is 0 Å². The number of thioether (sulfide) groups is 1. The van der Waals surface area contributed by atoms with Crippen molar-refractivity contribution < 1.29 is 9.53 Å². The maximum atomic E-state index is 13.3. The molecule has 0 aliphatic carbocycles. The second kappa shape index (κ2) is 11.0. The van der Waals surface area contributed by atoms with Crippen molar-refractivity contribution in [2.75, 3.05) is 37.9 Å². The van der Waals surface area contributed by atoms with Crippen molar-refractivity contribution in [1.82, 2.24) is 25.1 Å². The predicted octanol–water partition coefficient (Wildman–Crippen LogP) is 3.65. The van der Waals surface area contributed by atoms with Gasteiger partial charge < -0.3 is 14.5 Å². The van der Waals surface area contributed by atoms with Crippen LogP contribution in [0.2, 0.25) is 0 Å². The maximum Gasteiger partial charge on any atom is 0.233 e. The third-order valence-corrected chi connectivity index (χ3v) is 6.88. The Hall–Kier alpha value is -2.91. The van der Waals surface area contributed by atoms with E-state index in [1.54, 1.807) is 4.68 Å². The van der Waals surface area contributed by atoms with E-state index >= 15 is 0 Å². The lowest BCUT2D eigenvalue weighted by atomic mass is 10.1. The number of hydrogen-bond acceptors (Lipinski definition) is 7. The van der Waals surface area contributed by atoms with Crippen molar-refractivity contribution >= 4 is 23.4 Å². The van der Waals surface area contributed by atoms with Crippen molar-refractivity contribution in [2.24, 2.45) is 0 Å². The van der Waals surface area contributed by atoms with Crippen LogP contribution in [0.5, 0.6) is 0 Å². The van der Waals surface area contributed by atoms with Gasteiger partial charge in [-0.25, -0.2) is 0 Å². The van der Waals surface area contributed by atoms with Crippen LogP contribution in [0.1, 0.15) is 29.5 Å². The van der Waals surface area contributed by atoms with E-state index in [-0.39, 0.29) is 17.8 Å². The Kier molecular flexibility index (Phi) is 7.84. The molecule has 1 aliphatic rings. The minimum absolute atomic E-state index is 0.0485. The molecular formula is C25H32N6O2S. The van der Waals surface area contributed by atoms with Crippen LogP contribution in [0.3, 0.4) is 0 Å². The Morgan fingerprint density at radius 3 is 2.65 bits per heavy atom. The molecule has 1 atom stereocenters. The van der Waals surface area contributed by atoms with Gasteiger partial charge in [-0.2, -0.15) is 4.68 Å². The number of nitrogens with zero attached hydrogens (tertiary/aromatic N) is 6. The highest BCUT2D eigenvalue weighted by atomic mass is 32.2. The summed E-state index contributed by atoms with van der Waals surface area (Å²) in [6.07, 6.45) is 2.13. The number of ether oxygens (including phenoxy) is 1. The molecule has 1 amide bonds. The second-order valence-electron chi connectivity index (χ2n) is 8.92. The van der Waals surface area contributed by atoms with Gasteiger partial charge in [-0.1, -0.05) is 41.6 Å². The van der Waals surface area contributed by atoms with Crippen LogP contribution < -0.4 is 4.90 Å². The topological polar surface area (TPSA) is 76.4 Å². The molecule has 0 saturated carbocycles. The lowest BCUT2D eigenvalue weighted by Gasteiger charge is -2.26. The van der Waals surface area contributed by atoms with Crippen LogP contribution in [0, 0.1) is 13.8 Å². The van der Waals surface area contributed by atoms with Gasteiger partial charge in [0.15, 0.2) is 0 Å². The number of rotatable bonds is 9. The Morgan fingerprint density at radius 2 is 1.97 bits per heavy atom. The molecule has 4 rings (SSSR count). The SMILES string of the molecule is Cc1ccc(-n2nnnc2SCC(=O)N(Cc2ccc(N(C)C)cc2)CC2CCCO2)c(C)c1. The average molecular weight is 481 g/mol. The van der Waals surface area contributed by atoms with Gasteiger partial charge in [-0.05, 0) is 66.4 Å². The number of amides is 1. The highest BCUT2D eigenvalue weighted by Gasteiger charge is 2.24. The summed E-state index contributed by atoms with van der Waals surface area (Å²) in [7, 11) is 4.04. The summed E-state index contributed by atoms with van der Waals surface area (Å²) in [6, 6.07) is 14.5. The normalized spacial score (nSPS) is 15.5. The number of benzene rings is 2. The molecule has 8 nitrogen and oxygen atoms in total. The standard InChI is InChI=1S/C25H32N6O2S/c1-18-7-12-23(19(2)14-18)31-25(26-27-28-31)34-17-24(32)30(16-22-6-5-13-33-22)15-20-8-10-21(11-9-20)29(3)4/h7-12,14,22H,5-6,13,15-17H2,1-4H3. The summed E-state index contributed by atoms with van der Waals surface area (Å²) in [5.74, 6) is 0.306. The first kappa shape index (κ1) is 24.2. The zero-order valence-corrected chi connectivity index (χ0v) is 21.1. The van der Waals surface area contributed by atoms with E-state index in [4.69, 9.17) is 4.74 Å². The van der Waals surface area contributed by atoms with Crippen LogP contribution in [-0.2, 0) is 16.1 Å². The molecule has 1 saturated heterocycles. The first-order chi connectivity index (χ1) is 16.4. The number of tetrazole rings is 1. The van der Waals surface area contributed by atoms with Crippen LogP contribution in [0.25, 0.3) is 5.69 Å². The highest BCUT2D eigenvalue weighted by molar-refractivity contribution is 7.99. The quantitative estimate of drug-likeness (QED) is 0.433. The van der Waals surface area contributed by atoms with Gasteiger partial charge in [-0.15, -0.1) is 5.10 Å².